The van der Waals surface area contributed by atoms with Crippen molar-refractivity contribution in [1.29, 1.82) is 0 Å². The molecule has 1 amide bonds. The summed E-state index contributed by atoms with van der Waals surface area (Å²) in [4.78, 5) is 28.7. The highest BCUT2D eigenvalue weighted by atomic mass is 16.5. The van der Waals surface area contributed by atoms with Crippen LogP contribution in [0.1, 0.15) is 27.3 Å². The second-order valence-corrected chi connectivity index (χ2v) is 8.38. The van der Waals surface area contributed by atoms with Gasteiger partial charge < -0.3 is 25.1 Å². The normalized spacial score (nSPS) is 10.7. The molecule has 2 aromatic carbocycles. The van der Waals surface area contributed by atoms with Crippen molar-refractivity contribution in [2.45, 2.75) is 6.54 Å². The van der Waals surface area contributed by atoms with Gasteiger partial charge in [-0.25, -0.2) is 9.97 Å². The second kappa shape index (κ2) is 10.8. The zero-order valence-corrected chi connectivity index (χ0v) is 21.0. The number of ether oxygens (including phenoxy) is 2. The molecule has 0 saturated heterocycles. The largest absolute Gasteiger partial charge is 0.493 e. The molecule has 0 aliphatic heterocycles. The van der Waals surface area contributed by atoms with Crippen molar-refractivity contribution < 1.29 is 14.3 Å². The average molecular weight is 507 g/mol. The molecule has 3 heterocycles. The van der Waals surface area contributed by atoms with E-state index in [1.807, 2.05) is 42.5 Å². The minimum absolute atomic E-state index is 0.251. The summed E-state index contributed by atoms with van der Waals surface area (Å²) in [5, 5.41) is 7.01. The van der Waals surface area contributed by atoms with Gasteiger partial charge in [0.15, 0.2) is 11.5 Å². The van der Waals surface area contributed by atoms with Crippen molar-refractivity contribution in [1.82, 2.24) is 25.3 Å². The lowest BCUT2D eigenvalue weighted by molar-refractivity contribution is 0.0950. The monoisotopic (exact) mass is 506 g/mol. The number of carbonyl (C=O) groups excluding carboxylic acids is 1. The predicted molar refractivity (Wildman–Crippen MR) is 147 cm³/mol. The number of pyridine rings is 2. The molecule has 0 saturated carbocycles. The fraction of sp³-hybridized carbons (Fsp3) is 0.103. The van der Waals surface area contributed by atoms with Gasteiger partial charge in [0.25, 0.3) is 5.91 Å². The number of amides is 1. The minimum atomic E-state index is -0.251. The van der Waals surface area contributed by atoms with E-state index in [1.165, 1.54) is 0 Å². The second-order valence-electron chi connectivity index (χ2n) is 8.38. The van der Waals surface area contributed by atoms with E-state index in [9.17, 15) is 4.79 Å². The van der Waals surface area contributed by atoms with Crippen molar-refractivity contribution in [3.8, 4) is 11.5 Å². The highest BCUT2D eigenvalue weighted by Crippen LogP contribution is 2.36. The van der Waals surface area contributed by atoms with Gasteiger partial charge in [0.2, 0.25) is 0 Å². The highest BCUT2D eigenvalue weighted by Gasteiger charge is 2.15. The number of hydrogen-bond donors (Lipinski definition) is 3. The molecule has 0 spiro atoms. The first-order chi connectivity index (χ1) is 18.6. The number of methoxy groups -OCH3 is 2. The van der Waals surface area contributed by atoms with Crippen LogP contribution in [0, 0.1) is 0 Å². The Morgan fingerprint density at radius 1 is 0.921 bits per heavy atom. The van der Waals surface area contributed by atoms with Gasteiger partial charge in [0, 0.05) is 41.9 Å². The topological polar surface area (TPSA) is 114 Å². The zero-order chi connectivity index (χ0) is 26.5. The van der Waals surface area contributed by atoms with E-state index in [2.05, 4.69) is 37.1 Å². The number of hydrogen-bond acceptors (Lipinski definition) is 7. The van der Waals surface area contributed by atoms with Crippen LogP contribution >= 0.6 is 0 Å². The van der Waals surface area contributed by atoms with E-state index < -0.39 is 0 Å². The molecular weight excluding hydrogens is 480 g/mol. The first-order valence-electron chi connectivity index (χ1n) is 11.9. The van der Waals surface area contributed by atoms with Crippen LogP contribution in [0.2, 0.25) is 0 Å². The Morgan fingerprint density at radius 3 is 2.45 bits per heavy atom. The molecule has 0 fully saturated rings. The van der Waals surface area contributed by atoms with Crippen LogP contribution < -0.4 is 20.1 Å². The molecular formula is C29H26N6O3. The first kappa shape index (κ1) is 24.5. The quantitative estimate of drug-likeness (QED) is 0.255. The standard InChI is InChI=1S/C29H26N6O3/c1-18(21-10-12-30-24-16-26(38-3)25(37-2)15-23(21)24)19-6-8-20(9-7-19)35-28-22(5-4-11-33-28)29(36)34-17-27-31-13-14-32-27/h4-16H,1,17H2,2-3H3,(H,31,32)(H,33,35)(H,34,36). The van der Waals surface area contributed by atoms with Gasteiger partial charge in [-0.15, -0.1) is 0 Å². The van der Waals surface area contributed by atoms with Crippen molar-refractivity contribution in [3.05, 3.63) is 108 Å². The third kappa shape index (κ3) is 5.03. The maximum atomic E-state index is 12.8. The van der Waals surface area contributed by atoms with Gasteiger partial charge in [-0.05, 0) is 53.1 Å². The summed E-state index contributed by atoms with van der Waals surface area (Å²) >= 11 is 0. The Morgan fingerprint density at radius 2 is 1.71 bits per heavy atom. The molecule has 0 aliphatic rings. The Kier molecular flexibility index (Phi) is 6.99. The van der Waals surface area contributed by atoms with E-state index in [4.69, 9.17) is 9.47 Å². The molecule has 0 atom stereocenters. The van der Waals surface area contributed by atoms with Crippen LogP contribution in [0.15, 0.2) is 86.0 Å². The Hall–Kier alpha value is -5.18. The summed E-state index contributed by atoms with van der Waals surface area (Å²) in [6.07, 6.45) is 6.74. The molecule has 190 valence electrons. The Bertz CT molecular complexity index is 1600. The summed E-state index contributed by atoms with van der Waals surface area (Å²) in [5.74, 6) is 2.12. The number of anilines is 2. The molecule has 0 unspecified atom stereocenters. The number of fused-ring (bicyclic) bond motifs is 1. The summed E-state index contributed by atoms with van der Waals surface area (Å²) in [6, 6.07) is 16.9. The number of carbonyl (C=O) groups is 1. The summed E-state index contributed by atoms with van der Waals surface area (Å²) in [6.45, 7) is 4.63. The molecule has 9 nitrogen and oxygen atoms in total. The molecule has 0 bridgehead atoms. The van der Waals surface area contributed by atoms with Crippen LogP contribution in [0.3, 0.4) is 0 Å². The number of imidazole rings is 1. The maximum Gasteiger partial charge on any atom is 0.255 e. The van der Waals surface area contributed by atoms with Crippen molar-refractivity contribution in [2.24, 2.45) is 0 Å². The van der Waals surface area contributed by atoms with Crippen LogP contribution in [0.5, 0.6) is 11.5 Å². The van der Waals surface area contributed by atoms with Crippen LogP contribution in [-0.4, -0.2) is 40.1 Å². The maximum absolute atomic E-state index is 12.8. The van der Waals surface area contributed by atoms with Crippen LogP contribution in [-0.2, 0) is 6.54 Å². The number of rotatable bonds is 9. The van der Waals surface area contributed by atoms with Gasteiger partial charge in [0.1, 0.15) is 11.6 Å². The third-order valence-electron chi connectivity index (χ3n) is 6.09. The Labute approximate surface area is 219 Å². The van der Waals surface area contributed by atoms with Crippen molar-refractivity contribution in [3.63, 3.8) is 0 Å². The molecule has 5 aromatic rings. The van der Waals surface area contributed by atoms with Crippen molar-refractivity contribution in [2.75, 3.05) is 19.5 Å². The van der Waals surface area contributed by atoms with Gasteiger partial charge in [-0.1, -0.05) is 18.7 Å². The third-order valence-corrected chi connectivity index (χ3v) is 6.09. The molecule has 38 heavy (non-hydrogen) atoms. The predicted octanol–water partition coefficient (Wildman–Crippen LogP) is 5.11. The smallest absolute Gasteiger partial charge is 0.255 e. The molecule has 5 rings (SSSR count). The summed E-state index contributed by atoms with van der Waals surface area (Å²) in [5.41, 5.74) is 4.72. The molecule has 0 radical (unpaired) electrons. The fourth-order valence-corrected chi connectivity index (χ4v) is 4.12. The number of H-pyrrole nitrogens is 1. The Balaban J connectivity index is 1.35. The number of nitrogens with one attached hydrogen (secondary N) is 3. The van der Waals surface area contributed by atoms with Gasteiger partial charge in [-0.2, -0.15) is 0 Å². The molecule has 3 aromatic heterocycles. The van der Waals surface area contributed by atoms with Crippen LogP contribution in [0.4, 0.5) is 11.5 Å². The average Bonchev–Trinajstić information content (AvgIpc) is 3.49. The van der Waals surface area contributed by atoms with E-state index in [1.54, 1.807) is 51.1 Å². The number of aromatic nitrogens is 4. The first-order valence-corrected chi connectivity index (χ1v) is 11.9. The lowest BCUT2D eigenvalue weighted by atomic mass is 9.96. The number of nitrogens with zero attached hydrogens (tertiary/aromatic N) is 3. The van der Waals surface area contributed by atoms with E-state index >= 15 is 0 Å². The van der Waals surface area contributed by atoms with E-state index in [0.717, 1.165) is 33.3 Å². The minimum Gasteiger partial charge on any atom is -0.493 e. The highest BCUT2D eigenvalue weighted by molar-refractivity contribution is 5.99. The molecule has 3 N–H and O–H groups in total. The van der Waals surface area contributed by atoms with Gasteiger partial charge >= 0.3 is 0 Å². The molecule has 0 aliphatic carbocycles. The van der Waals surface area contributed by atoms with E-state index in [-0.39, 0.29) is 5.91 Å². The number of aromatic amines is 1. The van der Waals surface area contributed by atoms with Crippen molar-refractivity contribution >= 4 is 33.9 Å². The summed E-state index contributed by atoms with van der Waals surface area (Å²) in [7, 11) is 3.21. The lowest BCUT2D eigenvalue weighted by Crippen LogP contribution is -2.24. The van der Waals surface area contributed by atoms with Gasteiger partial charge in [0.05, 0.1) is 31.8 Å². The zero-order valence-electron chi connectivity index (χ0n) is 21.0. The van der Waals surface area contributed by atoms with Crippen LogP contribution in [0.25, 0.3) is 16.5 Å². The summed E-state index contributed by atoms with van der Waals surface area (Å²) < 4.78 is 10.9. The lowest BCUT2D eigenvalue weighted by Gasteiger charge is -2.14. The van der Waals surface area contributed by atoms with Gasteiger partial charge in [-0.3, -0.25) is 9.78 Å². The van der Waals surface area contributed by atoms with E-state index in [0.29, 0.717) is 35.2 Å². The SMILES string of the molecule is C=C(c1ccc(Nc2ncccc2C(=O)NCc2ncc[nH]2)cc1)c1ccnc2cc(OC)c(OC)cc12. The number of benzene rings is 2. The molecule has 9 heteroatoms. The fourth-order valence-electron chi connectivity index (χ4n) is 4.12.